The number of amides is 1. The Balaban J connectivity index is 3.40. The van der Waals surface area contributed by atoms with Crippen molar-refractivity contribution < 1.29 is 14.7 Å². The van der Waals surface area contributed by atoms with Gasteiger partial charge in [-0.15, -0.1) is 0 Å². The summed E-state index contributed by atoms with van der Waals surface area (Å²) in [5, 5.41) is 10.8. The van der Waals surface area contributed by atoms with E-state index < -0.39 is 5.97 Å². The molecule has 1 amide bonds. The lowest BCUT2D eigenvalue weighted by molar-refractivity contribution is -0.138. The molecule has 2 N–H and O–H groups in total. The number of hydrogen-bond donors (Lipinski definition) is 2. The predicted octanol–water partition coefficient (Wildman–Crippen LogP) is 0.544. The van der Waals surface area contributed by atoms with E-state index in [1.165, 1.54) is 0 Å². The third-order valence-electron chi connectivity index (χ3n) is 1.22. The van der Waals surface area contributed by atoms with Gasteiger partial charge in [-0.3, -0.25) is 9.59 Å². The van der Waals surface area contributed by atoms with Crippen LogP contribution in [0.4, 0.5) is 0 Å². The molecule has 0 saturated heterocycles. The van der Waals surface area contributed by atoms with Crippen LogP contribution >= 0.6 is 0 Å². The van der Waals surface area contributed by atoms with E-state index in [4.69, 9.17) is 5.11 Å². The summed E-state index contributed by atoms with van der Waals surface area (Å²) in [5.41, 5.74) is 0. The van der Waals surface area contributed by atoms with E-state index >= 15 is 0 Å². The van der Waals surface area contributed by atoms with Gasteiger partial charge in [-0.05, 0) is 6.92 Å². The van der Waals surface area contributed by atoms with Crippen LogP contribution in [0.25, 0.3) is 0 Å². The Hall–Kier alpha value is -1.32. The molecule has 0 aromatic heterocycles. The molecule has 0 aliphatic rings. The van der Waals surface area contributed by atoms with Gasteiger partial charge in [-0.2, -0.15) is 0 Å². The molecule has 0 unspecified atom stereocenters. The highest BCUT2D eigenvalue weighted by Gasteiger charge is 2.02. The number of allylic oxidation sites excluding steroid dienone is 1. The van der Waals surface area contributed by atoms with E-state index in [1.807, 2.05) is 13.0 Å². The fraction of sp³-hybridized carbons (Fsp3) is 0.500. The van der Waals surface area contributed by atoms with E-state index in [1.54, 1.807) is 6.08 Å². The lowest BCUT2D eigenvalue weighted by Gasteiger charge is -1.98. The minimum Gasteiger partial charge on any atom is -0.481 e. The number of carboxylic acids is 1. The number of carbonyl (C=O) groups is 2. The second kappa shape index (κ2) is 6.39. The monoisotopic (exact) mass is 171 g/mol. The van der Waals surface area contributed by atoms with Crippen molar-refractivity contribution in [1.29, 1.82) is 0 Å². The maximum Gasteiger partial charge on any atom is 0.303 e. The highest BCUT2D eigenvalue weighted by Crippen LogP contribution is 1.87. The van der Waals surface area contributed by atoms with Crippen molar-refractivity contribution in [3.8, 4) is 0 Å². The molecule has 0 spiro atoms. The summed E-state index contributed by atoms with van der Waals surface area (Å²) in [6, 6.07) is 0. The summed E-state index contributed by atoms with van der Waals surface area (Å²) in [4.78, 5) is 20.9. The normalized spacial score (nSPS) is 10.1. The largest absolute Gasteiger partial charge is 0.481 e. The van der Waals surface area contributed by atoms with Crippen LogP contribution < -0.4 is 5.32 Å². The Morgan fingerprint density at radius 2 is 2.08 bits per heavy atom. The topological polar surface area (TPSA) is 66.4 Å². The number of aliphatic carboxylic acids is 1. The molecule has 12 heavy (non-hydrogen) atoms. The van der Waals surface area contributed by atoms with Crippen LogP contribution in [0.3, 0.4) is 0 Å². The molecular formula is C8H13NO3. The van der Waals surface area contributed by atoms with Crippen LogP contribution in [0.1, 0.15) is 19.8 Å². The smallest absolute Gasteiger partial charge is 0.303 e. The molecule has 68 valence electrons. The van der Waals surface area contributed by atoms with Gasteiger partial charge in [0.25, 0.3) is 0 Å². The molecule has 0 aromatic carbocycles. The van der Waals surface area contributed by atoms with Crippen LogP contribution in [0.2, 0.25) is 0 Å². The third-order valence-corrected chi connectivity index (χ3v) is 1.22. The molecule has 4 heteroatoms. The van der Waals surface area contributed by atoms with Gasteiger partial charge in [-0.1, -0.05) is 12.2 Å². The molecule has 0 aliphatic heterocycles. The van der Waals surface area contributed by atoms with Gasteiger partial charge >= 0.3 is 5.97 Å². The van der Waals surface area contributed by atoms with Gasteiger partial charge in [0.15, 0.2) is 0 Å². The SMILES string of the molecule is CC=CCNC(=O)CCC(=O)O. The molecule has 0 heterocycles. The van der Waals surface area contributed by atoms with Gasteiger partial charge in [0.05, 0.1) is 6.42 Å². The van der Waals surface area contributed by atoms with Crippen molar-refractivity contribution in [1.82, 2.24) is 5.32 Å². The second-order valence-corrected chi connectivity index (χ2v) is 2.27. The lowest BCUT2D eigenvalue weighted by Crippen LogP contribution is -2.23. The quantitative estimate of drug-likeness (QED) is 0.593. The fourth-order valence-electron chi connectivity index (χ4n) is 0.599. The van der Waals surface area contributed by atoms with Gasteiger partial charge in [0, 0.05) is 13.0 Å². The highest BCUT2D eigenvalue weighted by atomic mass is 16.4. The van der Waals surface area contributed by atoms with Crippen LogP contribution in [-0.4, -0.2) is 23.5 Å². The number of rotatable bonds is 5. The summed E-state index contributed by atoms with van der Waals surface area (Å²) in [7, 11) is 0. The van der Waals surface area contributed by atoms with Crippen LogP contribution in [0.15, 0.2) is 12.2 Å². The average molecular weight is 171 g/mol. The molecule has 0 rings (SSSR count). The standard InChI is InChI=1S/C8H13NO3/c1-2-3-6-9-7(10)4-5-8(11)12/h2-3H,4-6H2,1H3,(H,9,10)(H,11,12). The maximum atomic E-state index is 10.8. The molecule has 0 atom stereocenters. The number of hydrogen-bond acceptors (Lipinski definition) is 2. The maximum absolute atomic E-state index is 10.8. The number of nitrogens with one attached hydrogen (secondary N) is 1. The Morgan fingerprint density at radius 3 is 2.58 bits per heavy atom. The molecule has 0 saturated carbocycles. The summed E-state index contributed by atoms with van der Waals surface area (Å²) in [6.07, 6.45) is 3.55. The van der Waals surface area contributed by atoms with Gasteiger partial charge in [0.1, 0.15) is 0 Å². The van der Waals surface area contributed by atoms with E-state index in [-0.39, 0.29) is 18.7 Å². The molecule has 0 fully saturated rings. The molecular weight excluding hydrogens is 158 g/mol. The highest BCUT2D eigenvalue weighted by molar-refractivity contribution is 5.80. The summed E-state index contributed by atoms with van der Waals surface area (Å²) >= 11 is 0. The minimum absolute atomic E-state index is 0.0485. The molecule has 0 bridgehead atoms. The average Bonchev–Trinajstić information content (AvgIpc) is 2.01. The van der Waals surface area contributed by atoms with Crippen molar-refractivity contribution in [2.24, 2.45) is 0 Å². The Kier molecular flexibility index (Phi) is 5.69. The molecule has 0 aliphatic carbocycles. The first-order chi connectivity index (χ1) is 5.66. The first-order valence-electron chi connectivity index (χ1n) is 3.76. The molecule has 4 nitrogen and oxygen atoms in total. The van der Waals surface area contributed by atoms with E-state index in [9.17, 15) is 9.59 Å². The van der Waals surface area contributed by atoms with Gasteiger partial charge in [0.2, 0.25) is 5.91 Å². The van der Waals surface area contributed by atoms with Crippen LogP contribution in [0, 0.1) is 0 Å². The lowest BCUT2D eigenvalue weighted by atomic mass is 10.3. The first-order valence-corrected chi connectivity index (χ1v) is 3.76. The van der Waals surface area contributed by atoms with Crippen molar-refractivity contribution >= 4 is 11.9 Å². The van der Waals surface area contributed by atoms with Crippen LogP contribution in [-0.2, 0) is 9.59 Å². The van der Waals surface area contributed by atoms with Crippen molar-refractivity contribution in [2.45, 2.75) is 19.8 Å². The number of carbonyl (C=O) groups excluding carboxylic acids is 1. The van der Waals surface area contributed by atoms with Crippen molar-refractivity contribution in [2.75, 3.05) is 6.54 Å². The minimum atomic E-state index is -0.948. The second-order valence-electron chi connectivity index (χ2n) is 2.27. The van der Waals surface area contributed by atoms with Gasteiger partial charge in [-0.25, -0.2) is 0 Å². The van der Waals surface area contributed by atoms with Crippen molar-refractivity contribution in [3.05, 3.63) is 12.2 Å². The first kappa shape index (κ1) is 10.7. The summed E-state index contributed by atoms with van der Waals surface area (Å²) in [6.45, 7) is 2.32. The van der Waals surface area contributed by atoms with Crippen molar-refractivity contribution in [3.63, 3.8) is 0 Å². The van der Waals surface area contributed by atoms with E-state index in [2.05, 4.69) is 5.32 Å². The Bertz CT molecular complexity index is 187. The summed E-state index contributed by atoms with van der Waals surface area (Å²) in [5.74, 6) is -1.17. The van der Waals surface area contributed by atoms with Gasteiger partial charge < -0.3 is 10.4 Å². The Morgan fingerprint density at radius 1 is 1.42 bits per heavy atom. The Labute approximate surface area is 71.3 Å². The fourth-order valence-corrected chi connectivity index (χ4v) is 0.599. The van der Waals surface area contributed by atoms with E-state index in [0.29, 0.717) is 6.54 Å². The van der Waals surface area contributed by atoms with Crippen LogP contribution in [0.5, 0.6) is 0 Å². The summed E-state index contributed by atoms with van der Waals surface area (Å²) < 4.78 is 0. The molecule has 0 aromatic rings. The zero-order valence-electron chi connectivity index (χ0n) is 7.04. The molecule has 0 radical (unpaired) electrons. The zero-order chi connectivity index (χ0) is 9.40. The predicted molar refractivity (Wildman–Crippen MR) is 44.7 cm³/mol. The zero-order valence-corrected chi connectivity index (χ0v) is 7.04. The number of carboxylic acid groups (broad SMARTS) is 1. The third kappa shape index (κ3) is 6.80. The van der Waals surface area contributed by atoms with E-state index in [0.717, 1.165) is 0 Å².